The smallest absolute Gasteiger partial charge is 0.415 e. The molecule has 12 nitrogen and oxygen atoms in total. The van der Waals surface area contributed by atoms with Crippen molar-refractivity contribution in [2.24, 2.45) is 11.7 Å². The molecule has 240 valence electrons. The highest BCUT2D eigenvalue weighted by Crippen LogP contribution is 2.63. The van der Waals surface area contributed by atoms with E-state index < -0.39 is 36.5 Å². The number of unbranched alkanes of at least 4 members (excludes halogenated alkanes) is 1. The van der Waals surface area contributed by atoms with Gasteiger partial charge in [-0.2, -0.15) is 0 Å². The molecule has 2 bridgehead atoms. The quantitative estimate of drug-likeness (QED) is 0.209. The molecular weight excluding hydrogens is 568 g/mol. The van der Waals surface area contributed by atoms with Gasteiger partial charge in [0.25, 0.3) is 0 Å². The summed E-state index contributed by atoms with van der Waals surface area (Å²) in [7, 11) is 2.16. The summed E-state index contributed by atoms with van der Waals surface area (Å²) in [6.07, 6.45) is 3.32. The summed E-state index contributed by atoms with van der Waals surface area (Å²) < 4.78 is 12.3. The molecule has 2 aliphatic carbocycles. The molecule has 12 heteroatoms. The van der Waals surface area contributed by atoms with Gasteiger partial charge in [0, 0.05) is 43.0 Å². The minimum Gasteiger partial charge on any atom is -0.481 e. The van der Waals surface area contributed by atoms with Crippen molar-refractivity contribution in [3.8, 4) is 11.5 Å². The van der Waals surface area contributed by atoms with Crippen LogP contribution in [-0.2, 0) is 31.0 Å². The van der Waals surface area contributed by atoms with Crippen LogP contribution in [0.15, 0.2) is 12.1 Å². The average molecular weight is 613 g/mol. The van der Waals surface area contributed by atoms with Crippen LogP contribution in [0.1, 0.15) is 75.8 Å². The first kappa shape index (κ1) is 31.9. The summed E-state index contributed by atoms with van der Waals surface area (Å²) >= 11 is 0. The number of likely N-dealkylation sites (tertiary alicyclic amines) is 1. The molecule has 2 aliphatic heterocycles. The number of carbonyl (C=O) groups is 5. The second kappa shape index (κ2) is 13.2. The van der Waals surface area contributed by atoms with E-state index in [0.29, 0.717) is 68.7 Å². The number of nitrogens with zero attached hydrogens (tertiary/aromatic N) is 2. The summed E-state index contributed by atoms with van der Waals surface area (Å²) in [5.41, 5.74) is 7.39. The van der Waals surface area contributed by atoms with Crippen LogP contribution in [-0.4, -0.2) is 95.9 Å². The van der Waals surface area contributed by atoms with Gasteiger partial charge in [0.2, 0.25) is 5.91 Å². The lowest BCUT2D eigenvalue weighted by Gasteiger charge is -2.57. The van der Waals surface area contributed by atoms with Crippen molar-refractivity contribution in [1.82, 2.24) is 15.1 Å². The van der Waals surface area contributed by atoms with Crippen molar-refractivity contribution in [1.29, 1.82) is 0 Å². The highest BCUT2D eigenvalue weighted by atomic mass is 16.6. The van der Waals surface area contributed by atoms with Crippen LogP contribution >= 0.6 is 0 Å². The molecule has 2 fully saturated rings. The van der Waals surface area contributed by atoms with E-state index in [0.717, 1.165) is 36.9 Å². The Hall–Kier alpha value is -3.51. The molecule has 1 saturated carbocycles. The maximum absolute atomic E-state index is 13.3. The zero-order valence-electron chi connectivity index (χ0n) is 25.6. The number of nitrogens with two attached hydrogens (primary N) is 1. The normalized spacial score (nSPS) is 25.4. The molecular formula is C32H44N4O8. The second-order valence-electron chi connectivity index (χ2n) is 12.6. The third-order valence-electron chi connectivity index (χ3n) is 10.0. The lowest BCUT2D eigenvalue weighted by Crippen LogP contribution is -2.65. The molecule has 44 heavy (non-hydrogen) atoms. The summed E-state index contributed by atoms with van der Waals surface area (Å²) in [6, 6.07) is 3.33. The van der Waals surface area contributed by atoms with Crippen LogP contribution in [0.3, 0.4) is 0 Å². The van der Waals surface area contributed by atoms with Crippen molar-refractivity contribution in [3.05, 3.63) is 23.3 Å². The van der Waals surface area contributed by atoms with E-state index in [2.05, 4.69) is 17.3 Å². The van der Waals surface area contributed by atoms with Gasteiger partial charge in [0.15, 0.2) is 29.2 Å². The monoisotopic (exact) mass is 612 g/mol. The first-order valence-electron chi connectivity index (χ1n) is 15.9. The lowest BCUT2D eigenvalue weighted by molar-refractivity contribution is -0.142. The summed E-state index contributed by atoms with van der Waals surface area (Å²) in [4.78, 5) is 66.3. The SMILES string of the molecule is CCN(CCCC(=O)[C@H](CCCCN)NC(=O)CC(=O)O)C(=O)Oc1ccc2c3c1O[C@H]1C(=O)CCC4[C@@H](C2)N(C)CC[C@@]341. The number of amides is 2. The lowest BCUT2D eigenvalue weighted by atomic mass is 9.52. The average Bonchev–Trinajstić information content (AvgIpc) is 3.34. The Labute approximate surface area is 257 Å². The zero-order chi connectivity index (χ0) is 31.6. The van der Waals surface area contributed by atoms with Gasteiger partial charge in [-0.25, -0.2) is 4.79 Å². The summed E-state index contributed by atoms with van der Waals surface area (Å²) in [6.45, 7) is 3.76. The van der Waals surface area contributed by atoms with Gasteiger partial charge in [-0.3, -0.25) is 19.2 Å². The standard InChI is InChI=1S/C32H44N4O8/c1-3-36(15-6-8-23(37)21(7-4-5-14-33)34-26(39)18-27(40)41)31(42)43-25-12-9-19-17-22-20-10-11-24(38)30-32(20,13-16-35(22)2)28(19)29(25)44-30/h9,12,20-22,30H,3-8,10-11,13-18,33H2,1-2H3,(H,34,39)(H,40,41)/t20?,21-,22+,30-,32-/m0/s1. The Bertz CT molecular complexity index is 1320. The van der Waals surface area contributed by atoms with E-state index in [9.17, 15) is 24.0 Å². The van der Waals surface area contributed by atoms with Crippen molar-refractivity contribution >= 4 is 29.5 Å². The number of piperidine rings is 1. The predicted octanol–water partition coefficient (Wildman–Crippen LogP) is 2.18. The van der Waals surface area contributed by atoms with E-state index in [1.807, 2.05) is 13.0 Å². The van der Waals surface area contributed by atoms with Crippen LogP contribution in [0.4, 0.5) is 4.79 Å². The van der Waals surface area contributed by atoms with E-state index >= 15 is 0 Å². The Morgan fingerprint density at radius 2 is 2.05 bits per heavy atom. The van der Waals surface area contributed by atoms with Gasteiger partial charge in [0.1, 0.15) is 6.42 Å². The first-order valence-corrected chi connectivity index (χ1v) is 15.9. The molecule has 4 N–H and O–H groups in total. The van der Waals surface area contributed by atoms with Gasteiger partial charge in [-0.1, -0.05) is 6.07 Å². The summed E-state index contributed by atoms with van der Waals surface area (Å²) in [5, 5.41) is 11.4. The molecule has 1 unspecified atom stereocenters. The number of likely N-dealkylation sites (N-methyl/N-ethyl adjacent to an activating group) is 1. The van der Waals surface area contributed by atoms with E-state index in [1.54, 1.807) is 6.07 Å². The van der Waals surface area contributed by atoms with Gasteiger partial charge in [-0.05, 0) is 89.6 Å². The van der Waals surface area contributed by atoms with Crippen molar-refractivity contribution < 1.29 is 38.6 Å². The van der Waals surface area contributed by atoms with E-state index in [4.69, 9.17) is 20.3 Å². The molecule has 0 aromatic heterocycles. The Balaban J connectivity index is 1.24. The number of carbonyl (C=O) groups excluding carboxylic acids is 4. The number of aliphatic carboxylic acids is 1. The number of carboxylic acids is 1. The minimum absolute atomic E-state index is 0.0982. The van der Waals surface area contributed by atoms with Crippen LogP contribution in [0, 0.1) is 5.92 Å². The van der Waals surface area contributed by atoms with Gasteiger partial charge in [-0.15, -0.1) is 0 Å². The highest BCUT2D eigenvalue weighted by Gasteiger charge is 2.65. The topological polar surface area (TPSA) is 169 Å². The molecule has 2 amide bonds. The van der Waals surface area contributed by atoms with Gasteiger partial charge >= 0.3 is 12.1 Å². The number of rotatable bonds is 14. The second-order valence-corrected chi connectivity index (χ2v) is 12.6. The van der Waals surface area contributed by atoms with Gasteiger partial charge in [0.05, 0.1) is 6.04 Å². The number of ketones is 2. The maximum atomic E-state index is 13.3. The number of nitrogens with one attached hydrogen (secondary N) is 1. The number of benzene rings is 1. The molecule has 1 aromatic carbocycles. The predicted molar refractivity (Wildman–Crippen MR) is 160 cm³/mol. The molecule has 5 rings (SSSR count). The minimum atomic E-state index is -1.27. The van der Waals surface area contributed by atoms with Crippen molar-refractivity contribution in [2.45, 2.75) is 94.7 Å². The van der Waals surface area contributed by atoms with Crippen LogP contribution in [0.2, 0.25) is 0 Å². The highest BCUT2D eigenvalue weighted by molar-refractivity contribution is 5.96. The molecule has 0 radical (unpaired) electrons. The number of hydrogen-bond acceptors (Lipinski definition) is 9. The molecule has 1 saturated heterocycles. The van der Waals surface area contributed by atoms with Crippen molar-refractivity contribution in [2.75, 3.05) is 33.2 Å². The Kier molecular flexibility index (Phi) is 9.59. The number of ether oxygens (including phenoxy) is 2. The van der Waals surface area contributed by atoms with Crippen LogP contribution in [0.25, 0.3) is 0 Å². The fourth-order valence-corrected chi connectivity index (χ4v) is 7.94. The van der Waals surface area contributed by atoms with E-state index in [1.165, 1.54) is 4.90 Å². The molecule has 4 aliphatic rings. The zero-order valence-corrected chi connectivity index (χ0v) is 25.6. The Morgan fingerprint density at radius 1 is 1.25 bits per heavy atom. The first-order chi connectivity index (χ1) is 21.1. The van der Waals surface area contributed by atoms with Crippen molar-refractivity contribution in [3.63, 3.8) is 0 Å². The number of hydrogen-bond donors (Lipinski definition) is 3. The maximum Gasteiger partial charge on any atom is 0.415 e. The van der Waals surface area contributed by atoms with E-state index in [-0.39, 0.29) is 29.9 Å². The number of carboxylic acid groups (broad SMARTS) is 1. The third-order valence-corrected chi connectivity index (χ3v) is 10.0. The third kappa shape index (κ3) is 5.93. The molecule has 2 heterocycles. The molecule has 1 spiro atoms. The largest absolute Gasteiger partial charge is 0.481 e. The molecule has 1 aromatic rings. The number of Topliss-reactive ketones (excluding diaryl/α,β-unsaturated/α-hetero) is 2. The fourth-order valence-electron chi connectivity index (χ4n) is 7.94. The van der Waals surface area contributed by atoms with Crippen LogP contribution < -0.4 is 20.5 Å². The summed E-state index contributed by atoms with van der Waals surface area (Å²) in [5.74, 6) is -0.932. The Morgan fingerprint density at radius 3 is 2.77 bits per heavy atom. The molecule has 5 atom stereocenters. The fraction of sp³-hybridized carbons (Fsp3) is 0.656. The van der Waals surface area contributed by atoms with Crippen LogP contribution in [0.5, 0.6) is 11.5 Å². The van der Waals surface area contributed by atoms with Gasteiger partial charge < -0.3 is 35.4 Å².